The lowest BCUT2D eigenvalue weighted by Gasteiger charge is -2.21. The van der Waals surface area contributed by atoms with Gasteiger partial charge in [0.15, 0.2) is 0 Å². The summed E-state index contributed by atoms with van der Waals surface area (Å²) in [5.41, 5.74) is 3.21. The van der Waals surface area contributed by atoms with E-state index in [1.54, 1.807) is 11.0 Å². The number of anilines is 1. The van der Waals surface area contributed by atoms with E-state index in [2.05, 4.69) is 23.7 Å². The number of aromatic amines is 1. The van der Waals surface area contributed by atoms with Gasteiger partial charge in [-0.15, -0.1) is 6.58 Å². The Labute approximate surface area is 136 Å². The van der Waals surface area contributed by atoms with Gasteiger partial charge in [-0.25, -0.2) is 0 Å². The molecule has 23 heavy (non-hydrogen) atoms. The molecule has 2 aromatic carbocycles. The molecule has 1 aromatic heterocycles. The number of nitrogens with one attached hydrogen (secondary N) is 1. The second-order valence-electron chi connectivity index (χ2n) is 5.49. The van der Waals surface area contributed by atoms with Crippen LogP contribution in [0.3, 0.4) is 0 Å². The highest BCUT2D eigenvalue weighted by atomic mass is 16.2. The van der Waals surface area contributed by atoms with Gasteiger partial charge in [0.2, 0.25) is 5.91 Å². The highest BCUT2D eigenvalue weighted by Crippen LogP contribution is 2.20. The highest BCUT2D eigenvalue weighted by Gasteiger charge is 2.15. The third-order valence-electron chi connectivity index (χ3n) is 3.96. The predicted octanol–water partition coefficient (Wildman–Crippen LogP) is 4.32. The SMILES string of the molecule is C=CCN(C(=O)CCc1c[nH]c2ccccc12)c1ccccc1. The molecule has 0 unspecified atom stereocenters. The molecule has 0 bridgehead atoms. The van der Waals surface area contributed by atoms with Crippen LogP contribution in [0.15, 0.2) is 73.4 Å². The van der Waals surface area contributed by atoms with Gasteiger partial charge in [0, 0.05) is 35.8 Å². The maximum atomic E-state index is 12.6. The molecule has 116 valence electrons. The number of benzene rings is 2. The van der Waals surface area contributed by atoms with E-state index in [-0.39, 0.29) is 5.91 Å². The van der Waals surface area contributed by atoms with Gasteiger partial charge < -0.3 is 9.88 Å². The molecular formula is C20H20N2O. The Morgan fingerprint density at radius 1 is 1.09 bits per heavy atom. The molecule has 3 nitrogen and oxygen atoms in total. The second-order valence-corrected chi connectivity index (χ2v) is 5.49. The molecule has 1 heterocycles. The van der Waals surface area contributed by atoms with Crippen LogP contribution in [0.5, 0.6) is 0 Å². The quantitative estimate of drug-likeness (QED) is 0.676. The Balaban J connectivity index is 1.73. The summed E-state index contributed by atoms with van der Waals surface area (Å²) < 4.78 is 0. The van der Waals surface area contributed by atoms with Crippen LogP contribution >= 0.6 is 0 Å². The first-order valence-corrected chi connectivity index (χ1v) is 7.81. The second kappa shape index (κ2) is 6.97. The number of nitrogens with zero attached hydrogens (tertiary/aromatic N) is 1. The molecule has 0 atom stereocenters. The number of carbonyl (C=O) groups excluding carboxylic acids is 1. The fourth-order valence-electron chi connectivity index (χ4n) is 2.80. The summed E-state index contributed by atoms with van der Waals surface area (Å²) in [4.78, 5) is 17.7. The molecule has 0 radical (unpaired) electrons. The number of hydrogen-bond donors (Lipinski definition) is 1. The normalized spacial score (nSPS) is 10.6. The lowest BCUT2D eigenvalue weighted by atomic mass is 10.1. The maximum Gasteiger partial charge on any atom is 0.227 e. The number of carbonyl (C=O) groups is 1. The smallest absolute Gasteiger partial charge is 0.227 e. The number of para-hydroxylation sites is 2. The van der Waals surface area contributed by atoms with E-state index < -0.39 is 0 Å². The van der Waals surface area contributed by atoms with Crippen molar-refractivity contribution in [1.82, 2.24) is 4.98 Å². The minimum absolute atomic E-state index is 0.112. The van der Waals surface area contributed by atoms with E-state index >= 15 is 0 Å². The number of rotatable bonds is 6. The molecule has 1 amide bonds. The lowest BCUT2D eigenvalue weighted by molar-refractivity contribution is -0.118. The van der Waals surface area contributed by atoms with Gasteiger partial charge in [-0.1, -0.05) is 42.5 Å². The molecule has 1 N–H and O–H groups in total. The van der Waals surface area contributed by atoms with Gasteiger partial charge in [0.1, 0.15) is 0 Å². The Bertz CT molecular complexity index is 805. The summed E-state index contributed by atoms with van der Waals surface area (Å²) in [6.45, 7) is 4.28. The third kappa shape index (κ3) is 3.34. The van der Waals surface area contributed by atoms with E-state index in [0.29, 0.717) is 13.0 Å². The summed E-state index contributed by atoms with van der Waals surface area (Å²) in [6.07, 6.45) is 4.96. The Morgan fingerprint density at radius 3 is 2.61 bits per heavy atom. The van der Waals surface area contributed by atoms with Gasteiger partial charge in [-0.3, -0.25) is 4.79 Å². The molecule has 0 aliphatic rings. The van der Waals surface area contributed by atoms with Crippen molar-refractivity contribution in [2.75, 3.05) is 11.4 Å². The average molecular weight is 304 g/mol. The minimum atomic E-state index is 0.112. The number of hydrogen-bond acceptors (Lipinski definition) is 1. The summed E-state index contributed by atoms with van der Waals surface area (Å²) in [5, 5.41) is 1.19. The fraction of sp³-hybridized carbons (Fsp3) is 0.150. The zero-order chi connectivity index (χ0) is 16.1. The van der Waals surface area contributed by atoms with Crippen molar-refractivity contribution in [3.8, 4) is 0 Å². The monoisotopic (exact) mass is 304 g/mol. The molecule has 0 aliphatic heterocycles. The number of H-pyrrole nitrogens is 1. The summed E-state index contributed by atoms with van der Waals surface area (Å²) in [6, 6.07) is 17.9. The molecule has 3 heteroatoms. The molecule has 0 saturated carbocycles. The zero-order valence-corrected chi connectivity index (χ0v) is 13.0. The van der Waals surface area contributed by atoms with Gasteiger partial charge >= 0.3 is 0 Å². The van der Waals surface area contributed by atoms with Crippen LogP contribution in [0, 0.1) is 0 Å². The van der Waals surface area contributed by atoms with Gasteiger partial charge in [0.25, 0.3) is 0 Å². The van der Waals surface area contributed by atoms with Crippen molar-refractivity contribution in [2.24, 2.45) is 0 Å². The molecule has 3 aromatic rings. The number of fused-ring (bicyclic) bond motifs is 1. The molecular weight excluding hydrogens is 284 g/mol. The average Bonchev–Trinajstić information content (AvgIpc) is 3.01. The van der Waals surface area contributed by atoms with E-state index in [1.165, 1.54) is 10.9 Å². The molecule has 3 rings (SSSR count). The van der Waals surface area contributed by atoms with Crippen molar-refractivity contribution in [3.63, 3.8) is 0 Å². The van der Waals surface area contributed by atoms with Crippen molar-refractivity contribution in [2.45, 2.75) is 12.8 Å². The van der Waals surface area contributed by atoms with E-state index in [1.807, 2.05) is 48.7 Å². The topological polar surface area (TPSA) is 36.1 Å². The van der Waals surface area contributed by atoms with Crippen LogP contribution in [-0.2, 0) is 11.2 Å². The van der Waals surface area contributed by atoms with Crippen LogP contribution in [0.25, 0.3) is 10.9 Å². The van der Waals surface area contributed by atoms with Crippen LogP contribution in [0.1, 0.15) is 12.0 Å². The lowest BCUT2D eigenvalue weighted by Crippen LogP contribution is -2.31. The van der Waals surface area contributed by atoms with Crippen LogP contribution in [0.2, 0.25) is 0 Å². The zero-order valence-electron chi connectivity index (χ0n) is 13.0. The first-order chi connectivity index (χ1) is 11.3. The number of aromatic nitrogens is 1. The van der Waals surface area contributed by atoms with Crippen molar-refractivity contribution in [1.29, 1.82) is 0 Å². The first kappa shape index (κ1) is 15.1. The largest absolute Gasteiger partial charge is 0.361 e. The standard InChI is InChI=1S/C20H20N2O/c1-2-14-22(17-8-4-3-5-9-17)20(23)13-12-16-15-21-19-11-7-6-10-18(16)19/h2-11,15,21H,1,12-14H2. The number of aryl methyl sites for hydroxylation is 1. The molecule has 0 spiro atoms. The van der Waals surface area contributed by atoms with E-state index in [9.17, 15) is 4.79 Å². The van der Waals surface area contributed by atoms with Crippen molar-refractivity contribution >= 4 is 22.5 Å². The van der Waals surface area contributed by atoms with Gasteiger partial charge in [0.05, 0.1) is 0 Å². The Morgan fingerprint density at radius 2 is 1.83 bits per heavy atom. The van der Waals surface area contributed by atoms with Crippen LogP contribution in [-0.4, -0.2) is 17.4 Å². The van der Waals surface area contributed by atoms with Crippen LogP contribution < -0.4 is 4.90 Å². The first-order valence-electron chi connectivity index (χ1n) is 7.81. The summed E-state index contributed by atoms with van der Waals surface area (Å²) in [5.74, 6) is 0.112. The molecule has 0 fully saturated rings. The highest BCUT2D eigenvalue weighted by molar-refractivity contribution is 5.94. The summed E-state index contributed by atoms with van der Waals surface area (Å²) >= 11 is 0. The Hall–Kier alpha value is -2.81. The van der Waals surface area contributed by atoms with Crippen LogP contribution in [0.4, 0.5) is 5.69 Å². The van der Waals surface area contributed by atoms with E-state index in [4.69, 9.17) is 0 Å². The van der Waals surface area contributed by atoms with Gasteiger partial charge in [-0.05, 0) is 30.2 Å². The maximum absolute atomic E-state index is 12.6. The van der Waals surface area contributed by atoms with E-state index in [0.717, 1.165) is 17.6 Å². The van der Waals surface area contributed by atoms with Crippen molar-refractivity contribution in [3.05, 3.63) is 79.0 Å². The summed E-state index contributed by atoms with van der Waals surface area (Å²) in [7, 11) is 0. The third-order valence-corrected chi connectivity index (χ3v) is 3.96. The minimum Gasteiger partial charge on any atom is -0.361 e. The Kier molecular flexibility index (Phi) is 4.57. The fourth-order valence-corrected chi connectivity index (χ4v) is 2.80. The van der Waals surface area contributed by atoms with Crippen molar-refractivity contribution < 1.29 is 4.79 Å². The van der Waals surface area contributed by atoms with Gasteiger partial charge in [-0.2, -0.15) is 0 Å². The molecule has 0 aliphatic carbocycles. The predicted molar refractivity (Wildman–Crippen MR) is 95.6 cm³/mol. The number of amides is 1. The molecule has 0 saturated heterocycles.